The summed E-state index contributed by atoms with van der Waals surface area (Å²) in [5.74, 6) is 0.327. The molecule has 0 saturated heterocycles. The van der Waals surface area contributed by atoms with E-state index in [0.717, 1.165) is 5.69 Å². The van der Waals surface area contributed by atoms with Crippen molar-refractivity contribution in [2.24, 2.45) is 5.10 Å². The Morgan fingerprint density at radius 1 is 0.852 bits per heavy atom. The smallest absolute Gasteiger partial charge is 0.0561 e. The zero-order valence-corrected chi connectivity index (χ0v) is 16.0. The third-order valence-electron chi connectivity index (χ3n) is 5.43. The van der Waals surface area contributed by atoms with Crippen LogP contribution < -0.4 is 5.43 Å². The molecule has 3 aromatic carbocycles. The predicted octanol–water partition coefficient (Wildman–Crippen LogP) is 6.67. The molecule has 4 rings (SSSR count). The van der Waals surface area contributed by atoms with Gasteiger partial charge >= 0.3 is 0 Å². The van der Waals surface area contributed by atoms with Crippen molar-refractivity contribution in [3.63, 3.8) is 0 Å². The van der Waals surface area contributed by atoms with Gasteiger partial charge in [-0.1, -0.05) is 77.4 Å². The number of hydrogen-bond acceptors (Lipinski definition) is 2. The summed E-state index contributed by atoms with van der Waals surface area (Å²) in [5.41, 5.74) is 10.8. The lowest BCUT2D eigenvalue weighted by Crippen LogP contribution is -2.05. The van der Waals surface area contributed by atoms with Gasteiger partial charge in [-0.3, -0.25) is 5.43 Å². The van der Waals surface area contributed by atoms with Crippen molar-refractivity contribution in [3.05, 3.63) is 101 Å². The minimum Gasteiger partial charge on any atom is -0.279 e. The van der Waals surface area contributed by atoms with E-state index in [1.807, 2.05) is 36.5 Å². The van der Waals surface area contributed by atoms with E-state index >= 15 is 0 Å². The van der Waals surface area contributed by atoms with Gasteiger partial charge in [0.05, 0.1) is 11.9 Å². The van der Waals surface area contributed by atoms with Crippen LogP contribution in [0.5, 0.6) is 0 Å². The standard InChI is InChI=1S/C25H24N2/c1-17-15-18(2)25(19(17)3)23-14-13-20-9-7-8-12-22(20)24(23)16-26-27-21-10-5-4-6-11-21/h4-16,25,27H,1-3H3. The van der Waals surface area contributed by atoms with Gasteiger partial charge in [-0.15, -0.1) is 0 Å². The number of nitrogens with zero attached hydrogens (tertiary/aromatic N) is 1. The molecule has 27 heavy (non-hydrogen) atoms. The topological polar surface area (TPSA) is 24.4 Å². The molecule has 0 bridgehead atoms. The number of benzene rings is 3. The van der Waals surface area contributed by atoms with Gasteiger partial charge < -0.3 is 0 Å². The Hall–Kier alpha value is -3.13. The molecule has 3 aromatic rings. The average Bonchev–Trinajstić information content (AvgIpc) is 2.94. The number of fused-ring (bicyclic) bond motifs is 1. The van der Waals surface area contributed by atoms with Crippen LogP contribution in [0.2, 0.25) is 0 Å². The maximum atomic E-state index is 4.55. The third kappa shape index (κ3) is 3.31. The Labute approximate surface area is 160 Å². The number of para-hydroxylation sites is 1. The lowest BCUT2D eigenvalue weighted by molar-refractivity contribution is 0.939. The van der Waals surface area contributed by atoms with Gasteiger partial charge in [-0.2, -0.15) is 5.10 Å². The Kier molecular flexibility index (Phi) is 4.64. The zero-order chi connectivity index (χ0) is 18.8. The largest absolute Gasteiger partial charge is 0.279 e. The first-order valence-corrected chi connectivity index (χ1v) is 9.36. The van der Waals surface area contributed by atoms with Crippen LogP contribution in [0.1, 0.15) is 37.8 Å². The fourth-order valence-corrected chi connectivity index (χ4v) is 3.98. The highest BCUT2D eigenvalue weighted by Gasteiger charge is 2.24. The number of hydrogen-bond donors (Lipinski definition) is 1. The summed E-state index contributed by atoms with van der Waals surface area (Å²) in [7, 11) is 0. The fourth-order valence-electron chi connectivity index (χ4n) is 3.98. The summed E-state index contributed by atoms with van der Waals surface area (Å²) in [4.78, 5) is 0. The van der Waals surface area contributed by atoms with E-state index in [4.69, 9.17) is 0 Å². The van der Waals surface area contributed by atoms with E-state index in [1.54, 1.807) is 0 Å². The number of hydrazone groups is 1. The van der Waals surface area contributed by atoms with Gasteiger partial charge in [0, 0.05) is 11.5 Å². The summed E-state index contributed by atoms with van der Waals surface area (Å²) in [6.07, 6.45) is 4.28. The summed E-state index contributed by atoms with van der Waals surface area (Å²) >= 11 is 0. The molecule has 0 saturated carbocycles. The summed E-state index contributed by atoms with van der Waals surface area (Å²) in [6, 6.07) is 23.1. The Bertz CT molecular complexity index is 1070. The monoisotopic (exact) mass is 352 g/mol. The van der Waals surface area contributed by atoms with Crippen LogP contribution in [0.15, 0.2) is 94.6 Å². The van der Waals surface area contributed by atoms with Crippen molar-refractivity contribution < 1.29 is 0 Å². The molecule has 0 spiro atoms. The quantitative estimate of drug-likeness (QED) is 0.412. The zero-order valence-electron chi connectivity index (χ0n) is 16.0. The first kappa shape index (κ1) is 17.3. The van der Waals surface area contributed by atoms with Crippen LogP contribution in [0.25, 0.3) is 10.8 Å². The average molecular weight is 352 g/mol. The minimum absolute atomic E-state index is 0.327. The highest BCUT2D eigenvalue weighted by atomic mass is 15.3. The van der Waals surface area contributed by atoms with Crippen LogP contribution in [-0.4, -0.2) is 6.21 Å². The van der Waals surface area contributed by atoms with Gasteiger partial charge in [-0.25, -0.2) is 0 Å². The second kappa shape index (κ2) is 7.24. The molecule has 2 nitrogen and oxygen atoms in total. The van der Waals surface area contributed by atoms with Crippen molar-refractivity contribution >= 4 is 22.7 Å². The molecule has 0 heterocycles. The van der Waals surface area contributed by atoms with E-state index in [1.165, 1.54) is 38.6 Å². The van der Waals surface area contributed by atoms with Crippen LogP contribution in [0.4, 0.5) is 5.69 Å². The predicted molar refractivity (Wildman–Crippen MR) is 116 cm³/mol. The fraction of sp³-hybridized carbons (Fsp3) is 0.160. The maximum Gasteiger partial charge on any atom is 0.0561 e. The molecule has 0 fully saturated rings. The molecule has 1 atom stereocenters. The van der Waals surface area contributed by atoms with Crippen molar-refractivity contribution in [2.45, 2.75) is 26.7 Å². The highest BCUT2D eigenvalue weighted by molar-refractivity contribution is 6.02. The second-order valence-corrected chi connectivity index (χ2v) is 7.21. The maximum absolute atomic E-state index is 4.55. The van der Waals surface area contributed by atoms with Crippen LogP contribution >= 0.6 is 0 Å². The molecule has 1 unspecified atom stereocenters. The number of rotatable bonds is 4. The van der Waals surface area contributed by atoms with Gasteiger partial charge in [0.1, 0.15) is 0 Å². The molecule has 1 aliphatic carbocycles. The van der Waals surface area contributed by atoms with E-state index in [9.17, 15) is 0 Å². The van der Waals surface area contributed by atoms with Gasteiger partial charge in [0.2, 0.25) is 0 Å². The normalized spacial score (nSPS) is 17.0. The van der Waals surface area contributed by atoms with Gasteiger partial charge in [0.15, 0.2) is 0 Å². The SMILES string of the molecule is CC1=CC(C)=C(C)C1c1ccc2ccccc2c1C=NNc1ccccc1. The van der Waals surface area contributed by atoms with Crippen molar-refractivity contribution in [1.82, 2.24) is 0 Å². The molecular weight excluding hydrogens is 328 g/mol. The summed E-state index contributed by atoms with van der Waals surface area (Å²) < 4.78 is 0. The van der Waals surface area contributed by atoms with E-state index < -0.39 is 0 Å². The van der Waals surface area contributed by atoms with E-state index in [-0.39, 0.29) is 0 Å². The van der Waals surface area contributed by atoms with E-state index in [0.29, 0.717) is 5.92 Å². The lowest BCUT2D eigenvalue weighted by Gasteiger charge is -2.19. The third-order valence-corrected chi connectivity index (χ3v) is 5.43. The Morgan fingerprint density at radius 2 is 1.59 bits per heavy atom. The molecule has 0 aromatic heterocycles. The molecule has 2 heteroatoms. The Morgan fingerprint density at radius 3 is 2.33 bits per heavy atom. The number of anilines is 1. The molecule has 134 valence electrons. The lowest BCUT2D eigenvalue weighted by atomic mass is 9.84. The highest BCUT2D eigenvalue weighted by Crippen LogP contribution is 2.41. The molecule has 0 aliphatic heterocycles. The first-order chi connectivity index (χ1) is 13.1. The number of allylic oxidation sites excluding steroid dienone is 4. The summed E-state index contributed by atoms with van der Waals surface area (Å²) in [6.45, 7) is 6.67. The molecule has 0 amide bonds. The van der Waals surface area contributed by atoms with Crippen molar-refractivity contribution in [2.75, 3.05) is 5.43 Å². The van der Waals surface area contributed by atoms with Crippen LogP contribution in [0.3, 0.4) is 0 Å². The van der Waals surface area contributed by atoms with Gasteiger partial charge in [0.25, 0.3) is 0 Å². The van der Waals surface area contributed by atoms with Crippen molar-refractivity contribution in [3.8, 4) is 0 Å². The number of nitrogens with one attached hydrogen (secondary N) is 1. The molecule has 1 aliphatic rings. The van der Waals surface area contributed by atoms with Crippen molar-refractivity contribution in [1.29, 1.82) is 0 Å². The second-order valence-electron chi connectivity index (χ2n) is 7.21. The minimum atomic E-state index is 0.327. The first-order valence-electron chi connectivity index (χ1n) is 9.36. The van der Waals surface area contributed by atoms with Crippen LogP contribution in [0, 0.1) is 0 Å². The molecular formula is C25H24N2. The molecule has 0 radical (unpaired) electrons. The van der Waals surface area contributed by atoms with Gasteiger partial charge in [-0.05, 0) is 49.2 Å². The molecule has 1 N–H and O–H groups in total. The summed E-state index contributed by atoms with van der Waals surface area (Å²) in [5, 5.41) is 7.02. The van der Waals surface area contributed by atoms with E-state index in [2.05, 4.69) is 73.8 Å². The Balaban J connectivity index is 1.80. The van der Waals surface area contributed by atoms with Crippen LogP contribution in [-0.2, 0) is 0 Å².